The number of rotatable bonds is 4. The van der Waals surface area contributed by atoms with Crippen LogP contribution in [0.4, 0.5) is 14.9 Å². The van der Waals surface area contributed by atoms with Gasteiger partial charge in [0.05, 0.1) is 11.2 Å². The van der Waals surface area contributed by atoms with Gasteiger partial charge in [-0.1, -0.05) is 30.3 Å². The number of pyridine rings is 1. The molecule has 1 aliphatic heterocycles. The van der Waals surface area contributed by atoms with Crippen molar-refractivity contribution in [3.63, 3.8) is 0 Å². The molecule has 0 unspecified atom stereocenters. The Balaban J connectivity index is 1.30. The fourth-order valence-corrected chi connectivity index (χ4v) is 3.57. The van der Waals surface area contributed by atoms with Gasteiger partial charge in [0.25, 0.3) is 0 Å². The van der Waals surface area contributed by atoms with E-state index >= 15 is 0 Å². The van der Waals surface area contributed by atoms with Crippen molar-refractivity contribution >= 4 is 22.6 Å². The summed E-state index contributed by atoms with van der Waals surface area (Å²) in [6.07, 6.45) is 2.50. The number of hydrogen-bond acceptors (Lipinski definition) is 3. The second-order valence-electron chi connectivity index (χ2n) is 6.93. The summed E-state index contributed by atoms with van der Waals surface area (Å²) in [6, 6.07) is 16.6. The molecule has 2 amide bonds. The summed E-state index contributed by atoms with van der Waals surface area (Å²) in [5.74, 6) is -0.243. The van der Waals surface area contributed by atoms with Crippen LogP contribution in [0.25, 0.3) is 10.9 Å². The van der Waals surface area contributed by atoms with E-state index in [0.29, 0.717) is 26.1 Å². The van der Waals surface area contributed by atoms with Gasteiger partial charge in [0.2, 0.25) is 0 Å². The zero-order valence-electron chi connectivity index (χ0n) is 15.6. The molecule has 28 heavy (non-hydrogen) atoms. The third-order valence-electron chi connectivity index (χ3n) is 5.12. The molecule has 3 aromatic rings. The van der Waals surface area contributed by atoms with Gasteiger partial charge in [-0.15, -0.1) is 0 Å². The van der Waals surface area contributed by atoms with Crippen LogP contribution in [0, 0.1) is 5.82 Å². The van der Waals surface area contributed by atoms with Crippen LogP contribution < -0.4 is 10.2 Å². The average molecular weight is 378 g/mol. The van der Waals surface area contributed by atoms with Gasteiger partial charge in [0.1, 0.15) is 5.82 Å². The van der Waals surface area contributed by atoms with Gasteiger partial charge >= 0.3 is 6.03 Å². The SMILES string of the molecule is O=C(NCCc1ccc(F)cc1)N1CCN(c2cccc3cccnc23)CC1. The molecule has 0 bridgehead atoms. The van der Waals surface area contributed by atoms with Gasteiger partial charge in [0, 0.05) is 44.3 Å². The number of nitrogens with one attached hydrogen (secondary N) is 1. The highest BCUT2D eigenvalue weighted by Crippen LogP contribution is 2.25. The van der Waals surface area contributed by atoms with E-state index in [2.05, 4.69) is 33.4 Å². The van der Waals surface area contributed by atoms with Crippen molar-refractivity contribution in [2.24, 2.45) is 0 Å². The molecule has 1 aliphatic rings. The molecule has 4 rings (SSSR count). The molecular weight excluding hydrogens is 355 g/mol. The Hall–Kier alpha value is -3.15. The fraction of sp³-hybridized carbons (Fsp3) is 0.273. The monoisotopic (exact) mass is 378 g/mol. The number of fused-ring (bicyclic) bond motifs is 1. The van der Waals surface area contributed by atoms with E-state index in [4.69, 9.17) is 0 Å². The number of para-hydroxylation sites is 1. The molecule has 2 heterocycles. The van der Waals surface area contributed by atoms with Gasteiger partial charge < -0.3 is 15.1 Å². The van der Waals surface area contributed by atoms with Crippen LogP contribution in [0.1, 0.15) is 5.56 Å². The average Bonchev–Trinajstić information content (AvgIpc) is 2.75. The number of benzene rings is 2. The van der Waals surface area contributed by atoms with Crippen molar-refractivity contribution in [2.45, 2.75) is 6.42 Å². The number of halogens is 1. The number of piperazine rings is 1. The molecule has 6 heteroatoms. The minimum absolute atomic E-state index is 0.0437. The van der Waals surface area contributed by atoms with E-state index in [1.165, 1.54) is 12.1 Å². The molecule has 1 aromatic heterocycles. The number of urea groups is 1. The van der Waals surface area contributed by atoms with Crippen molar-refractivity contribution in [1.29, 1.82) is 0 Å². The van der Waals surface area contributed by atoms with Crippen molar-refractivity contribution in [1.82, 2.24) is 15.2 Å². The zero-order chi connectivity index (χ0) is 19.3. The van der Waals surface area contributed by atoms with E-state index < -0.39 is 0 Å². The molecule has 1 N–H and O–H groups in total. The molecule has 1 saturated heterocycles. The third-order valence-corrected chi connectivity index (χ3v) is 5.12. The van der Waals surface area contributed by atoms with Crippen LogP contribution in [-0.2, 0) is 6.42 Å². The first-order valence-electron chi connectivity index (χ1n) is 9.56. The lowest BCUT2D eigenvalue weighted by atomic mass is 10.1. The molecule has 1 fully saturated rings. The number of carbonyl (C=O) groups is 1. The Morgan fingerprint density at radius 3 is 2.54 bits per heavy atom. The molecule has 0 aliphatic carbocycles. The normalized spacial score (nSPS) is 14.3. The van der Waals surface area contributed by atoms with Crippen LogP contribution in [-0.4, -0.2) is 48.6 Å². The largest absolute Gasteiger partial charge is 0.366 e. The van der Waals surface area contributed by atoms with E-state index in [-0.39, 0.29) is 11.8 Å². The van der Waals surface area contributed by atoms with Crippen LogP contribution >= 0.6 is 0 Å². The summed E-state index contributed by atoms with van der Waals surface area (Å²) in [7, 11) is 0. The smallest absolute Gasteiger partial charge is 0.317 e. The summed E-state index contributed by atoms with van der Waals surface area (Å²) in [5.41, 5.74) is 3.13. The maximum atomic E-state index is 12.9. The molecule has 144 valence electrons. The summed E-state index contributed by atoms with van der Waals surface area (Å²) >= 11 is 0. The summed E-state index contributed by atoms with van der Waals surface area (Å²) in [4.78, 5) is 21.1. The van der Waals surface area contributed by atoms with Crippen LogP contribution in [0.2, 0.25) is 0 Å². The van der Waals surface area contributed by atoms with Gasteiger partial charge in [0.15, 0.2) is 0 Å². The predicted molar refractivity (Wildman–Crippen MR) is 109 cm³/mol. The lowest BCUT2D eigenvalue weighted by Gasteiger charge is -2.36. The minimum atomic E-state index is -0.243. The highest BCUT2D eigenvalue weighted by molar-refractivity contribution is 5.90. The first-order valence-corrected chi connectivity index (χ1v) is 9.56. The Morgan fingerprint density at radius 2 is 1.75 bits per heavy atom. The van der Waals surface area contributed by atoms with Gasteiger partial charge in [-0.3, -0.25) is 4.98 Å². The molecule has 0 radical (unpaired) electrons. The van der Waals surface area contributed by atoms with E-state index in [0.717, 1.165) is 35.2 Å². The highest BCUT2D eigenvalue weighted by atomic mass is 19.1. The first-order chi connectivity index (χ1) is 13.7. The summed E-state index contributed by atoms with van der Waals surface area (Å²) in [5, 5.41) is 4.09. The lowest BCUT2D eigenvalue weighted by molar-refractivity contribution is 0.194. The highest BCUT2D eigenvalue weighted by Gasteiger charge is 2.22. The number of anilines is 1. The van der Waals surface area contributed by atoms with Crippen LogP contribution in [0.15, 0.2) is 60.8 Å². The van der Waals surface area contributed by atoms with Gasteiger partial charge in [-0.25, -0.2) is 9.18 Å². The summed E-state index contributed by atoms with van der Waals surface area (Å²) in [6.45, 7) is 3.44. The maximum absolute atomic E-state index is 12.9. The standard InChI is InChI=1S/C22H23FN4O/c23-19-8-6-17(7-9-19)10-12-25-22(28)27-15-13-26(14-16-27)20-5-1-3-18-4-2-11-24-21(18)20/h1-9,11H,10,12-16H2,(H,25,28). The third kappa shape index (κ3) is 4.06. The molecule has 0 atom stereocenters. The zero-order valence-corrected chi connectivity index (χ0v) is 15.6. The Bertz CT molecular complexity index is 947. The second-order valence-corrected chi connectivity index (χ2v) is 6.93. The van der Waals surface area contributed by atoms with E-state index in [9.17, 15) is 9.18 Å². The van der Waals surface area contributed by atoms with Gasteiger partial charge in [-0.05, 0) is 36.2 Å². The topological polar surface area (TPSA) is 48.5 Å². The molecule has 5 nitrogen and oxygen atoms in total. The van der Waals surface area contributed by atoms with Crippen molar-refractivity contribution < 1.29 is 9.18 Å². The van der Waals surface area contributed by atoms with Crippen molar-refractivity contribution in [3.8, 4) is 0 Å². The van der Waals surface area contributed by atoms with E-state index in [1.54, 1.807) is 12.1 Å². The quantitative estimate of drug-likeness (QED) is 0.757. The number of amides is 2. The Labute approximate surface area is 163 Å². The lowest BCUT2D eigenvalue weighted by Crippen LogP contribution is -2.52. The maximum Gasteiger partial charge on any atom is 0.317 e. The van der Waals surface area contributed by atoms with Crippen LogP contribution in [0.3, 0.4) is 0 Å². The predicted octanol–water partition coefficient (Wildman–Crippen LogP) is 3.45. The number of nitrogens with zero attached hydrogens (tertiary/aromatic N) is 3. The molecule has 0 spiro atoms. The molecule has 0 saturated carbocycles. The summed E-state index contributed by atoms with van der Waals surface area (Å²) < 4.78 is 12.9. The Kier molecular flexibility index (Phi) is 5.37. The second kappa shape index (κ2) is 8.25. The first kappa shape index (κ1) is 18.2. The van der Waals surface area contributed by atoms with Crippen LogP contribution in [0.5, 0.6) is 0 Å². The molecular formula is C22H23FN4O. The Morgan fingerprint density at radius 1 is 1.00 bits per heavy atom. The molecule has 2 aromatic carbocycles. The van der Waals surface area contributed by atoms with E-state index in [1.807, 2.05) is 23.2 Å². The van der Waals surface area contributed by atoms with Crippen molar-refractivity contribution in [2.75, 3.05) is 37.6 Å². The number of hydrogen-bond donors (Lipinski definition) is 1. The fourth-order valence-electron chi connectivity index (χ4n) is 3.57. The van der Waals surface area contributed by atoms with Crippen molar-refractivity contribution in [3.05, 3.63) is 72.2 Å². The number of carbonyl (C=O) groups excluding carboxylic acids is 1. The van der Waals surface area contributed by atoms with Gasteiger partial charge in [-0.2, -0.15) is 0 Å². The minimum Gasteiger partial charge on any atom is -0.366 e. The number of aromatic nitrogens is 1.